The van der Waals surface area contributed by atoms with Crippen LogP contribution >= 0.6 is 11.3 Å². The maximum atomic E-state index is 13.2. The van der Waals surface area contributed by atoms with E-state index < -0.39 is 0 Å². The minimum atomic E-state index is -0.0633. The van der Waals surface area contributed by atoms with Crippen molar-refractivity contribution in [3.8, 4) is 22.2 Å². The molecule has 5 rings (SSSR count). The summed E-state index contributed by atoms with van der Waals surface area (Å²) < 4.78 is 7.20. The van der Waals surface area contributed by atoms with Crippen molar-refractivity contribution < 1.29 is 4.52 Å². The molecule has 3 heterocycles. The van der Waals surface area contributed by atoms with Gasteiger partial charge in [0, 0.05) is 5.56 Å². The number of rotatable bonds is 4. The third-order valence-corrected chi connectivity index (χ3v) is 6.60. The largest absolute Gasteiger partial charge is 0.333 e. The first-order chi connectivity index (χ1) is 15.0. The van der Waals surface area contributed by atoms with Crippen molar-refractivity contribution in [3.63, 3.8) is 0 Å². The number of hydrogen-bond donors (Lipinski definition) is 0. The molecule has 0 aliphatic carbocycles. The molecule has 154 valence electrons. The Morgan fingerprint density at radius 3 is 2.71 bits per heavy atom. The molecule has 2 aromatic carbocycles. The van der Waals surface area contributed by atoms with Gasteiger partial charge in [0.2, 0.25) is 5.82 Å². The molecule has 0 radical (unpaired) electrons. The van der Waals surface area contributed by atoms with Crippen LogP contribution in [0.3, 0.4) is 0 Å². The summed E-state index contributed by atoms with van der Waals surface area (Å²) >= 11 is 1.40. The Labute approximate surface area is 182 Å². The molecule has 0 saturated carbocycles. The Hall–Kier alpha value is -3.58. The number of hydrogen-bond acceptors (Lipinski definition) is 6. The van der Waals surface area contributed by atoms with Crippen molar-refractivity contribution >= 4 is 21.6 Å². The van der Waals surface area contributed by atoms with Gasteiger partial charge < -0.3 is 4.52 Å². The minimum absolute atomic E-state index is 0.0633. The number of benzene rings is 2. The highest BCUT2D eigenvalue weighted by Gasteiger charge is 2.20. The van der Waals surface area contributed by atoms with E-state index in [4.69, 9.17) is 4.52 Å². The molecule has 0 aliphatic rings. The van der Waals surface area contributed by atoms with E-state index in [9.17, 15) is 4.79 Å². The van der Waals surface area contributed by atoms with Crippen LogP contribution in [0.1, 0.15) is 22.3 Å². The van der Waals surface area contributed by atoms with Crippen LogP contribution in [0.25, 0.3) is 32.4 Å². The summed E-state index contributed by atoms with van der Waals surface area (Å²) in [6.07, 6.45) is 1.61. The van der Waals surface area contributed by atoms with Gasteiger partial charge in [-0.05, 0) is 43.5 Å². The molecule has 0 aliphatic heterocycles. The molecule has 31 heavy (non-hydrogen) atoms. The summed E-state index contributed by atoms with van der Waals surface area (Å²) in [6, 6.07) is 16.0. The molecule has 0 amide bonds. The highest BCUT2D eigenvalue weighted by molar-refractivity contribution is 7.22. The van der Waals surface area contributed by atoms with E-state index >= 15 is 0 Å². The highest BCUT2D eigenvalue weighted by Crippen LogP contribution is 2.35. The summed E-state index contributed by atoms with van der Waals surface area (Å²) in [5, 5.41) is 4.74. The predicted molar refractivity (Wildman–Crippen MR) is 122 cm³/mol. The van der Waals surface area contributed by atoms with Crippen molar-refractivity contribution in [2.45, 2.75) is 27.3 Å². The molecule has 0 atom stereocenters. The van der Waals surface area contributed by atoms with Crippen molar-refractivity contribution in [2.75, 3.05) is 0 Å². The number of fused-ring (bicyclic) bond motifs is 1. The Morgan fingerprint density at radius 2 is 1.90 bits per heavy atom. The monoisotopic (exact) mass is 428 g/mol. The summed E-state index contributed by atoms with van der Waals surface area (Å²) in [5.74, 6) is 0.933. The van der Waals surface area contributed by atoms with Crippen LogP contribution in [0.4, 0.5) is 0 Å². The average molecular weight is 429 g/mol. The average Bonchev–Trinajstić information content (AvgIpc) is 3.37. The molecule has 6 nitrogen and oxygen atoms in total. The zero-order valence-electron chi connectivity index (χ0n) is 17.4. The maximum absolute atomic E-state index is 13.2. The fraction of sp³-hybridized carbons (Fsp3) is 0.167. The van der Waals surface area contributed by atoms with Crippen LogP contribution in [-0.2, 0) is 6.54 Å². The van der Waals surface area contributed by atoms with Crippen LogP contribution in [0.5, 0.6) is 0 Å². The van der Waals surface area contributed by atoms with E-state index in [0.29, 0.717) is 28.5 Å². The third kappa shape index (κ3) is 3.47. The fourth-order valence-corrected chi connectivity index (χ4v) is 4.72. The lowest BCUT2D eigenvalue weighted by Crippen LogP contribution is -2.21. The molecule has 0 saturated heterocycles. The summed E-state index contributed by atoms with van der Waals surface area (Å²) in [6.45, 7) is 6.46. The van der Waals surface area contributed by atoms with Gasteiger partial charge in [0.1, 0.15) is 4.83 Å². The molecule has 0 N–H and O–H groups in total. The van der Waals surface area contributed by atoms with E-state index in [0.717, 1.165) is 32.7 Å². The summed E-state index contributed by atoms with van der Waals surface area (Å²) in [4.78, 5) is 23.8. The van der Waals surface area contributed by atoms with E-state index in [2.05, 4.69) is 15.1 Å². The second kappa shape index (κ2) is 7.59. The minimum Gasteiger partial charge on any atom is -0.333 e. The van der Waals surface area contributed by atoms with Gasteiger partial charge in [-0.15, -0.1) is 11.3 Å². The van der Waals surface area contributed by atoms with Gasteiger partial charge in [-0.25, -0.2) is 4.98 Å². The van der Waals surface area contributed by atoms with Gasteiger partial charge in [-0.3, -0.25) is 9.36 Å². The fourth-order valence-electron chi connectivity index (χ4n) is 3.66. The smallest absolute Gasteiger partial charge is 0.268 e. The van der Waals surface area contributed by atoms with Gasteiger partial charge in [-0.2, -0.15) is 4.98 Å². The molecule has 3 aromatic heterocycles. The van der Waals surface area contributed by atoms with Crippen LogP contribution in [0.2, 0.25) is 0 Å². The van der Waals surface area contributed by atoms with Crippen molar-refractivity contribution in [2.24, 2.45) is 0 Å². The lowest BCUT2D eigenvalue weighted by Gasteiger charge is -2.08. The van der Waals surface area contributed by atoms with E-state index in [-0.39, 0.29) is 5.56 Å². The van der Waals surface area contributed by atoms with Gasteiger partial charge >= 0.3 is 0 Å². The Morgan fingerprint density at radius 1 is 1.06 bits per heavy atom. The van der Waals surface area contributed by atoms with E-state index in [1.54, 1.807) is 10.9 Å². The molecule has 7 heteroatoms. The lowest BCUT2D eigenvalue weighted by molar-refractivity contribution is 0.433. The number of aromatic nitrogens is 4. The van der Waals surface area contributed by atoms with E-state index in [1.807, 2.05) is 69.3 Å². The van der Waals surface area contributed by atoms with Crippen LogP contribution < -0.4 is 5.56 Å². The topological polar surface area (TPSA) is 73.8 Å². The zero-order chi connectivity index (χ0) is 21.5. The first-order valence-electron chi connectivity index (χ1n) is 9.95. The standard InChI is InChI=1S/C24H20N4O2S/c1-14-7-6-10-17(11-14)21-26-22(30-27-21)20-16(3)19-23(31-20)25-13-28(24(19)29)12-18-9-5-4-8-15(18)2/h4-11,13H,12H2,1-3H3. The second-order valence-electron chi connectivity index (χ2n) is 7.63. The van der Waals surface area contributed by atoms with Gasteiger partial charge in [0.25, 0.3) is 11.4 Å². The normalized spacial score (nSPS) is 11.3. The molecule has 0 fully saturated rings. The van der Waals surface area contributed by atoms with Crippen molar-refractivity contribution in [1.82, 2.24) is 19.7 Å². The van der Waals surface area contributed by atoms with Crippen molar-refractivity contribution in [1.29, 1.82) is 0 Å². The molecule has 0 spiro atoms. The van der Waals surface area contributed by atoms with Gasteiger partial charge in [-0.1, -0.05) is 53.2 Å². The zero-order valence-corrected chi connectivity index (χ0v) is 18.2. The second-order valence-corrected chi connectivity index (χ2v) is 8.63. The summed E-state index contributed by atoms with van der Waals surface area (Å²) in [5.41, 5.74) is 5.01. The number of thiophene rings is 1. The predicted octanol–water partition coefficient (Wildman–Crippen LogP) is 5.15. The van der Waals surface area contributed by atoms with Gasteiger partial charge in [0.05, 0.1) is 23.1 Å². The quantitative estimate of drug-likeness (QED) is 0.396. The van der Waals surface area contributed by atoms with E-state index in [1.165, 1.54) is 11.3 Å². The Balaban J connectivity index is 1.56. The number of aryl methyl sites for hydroxylation is 3. The Bertz CT molecular complexity index is 1480. The van der Waals surface area contributed by atoms with Crippen LogP contribution in [0, 0.1) is 20.8 Å². The molecule has 5 aromatic rings. The third-order valence-electron chi connectivity index (χ3n) is 5.42. The molecule has 0 unspecified atom stereocenters. The maximum Gasteiger partial charge on any atom is 0.268 e. The van der Waals surface area contributed by atoms with Crippen molar-refractivity contribution in [3.05, 3.63) is 87.5 Å². The molecule has 0 bridgehead atoms. The lowest BCUT2D eigenvalue weighted by atomic mass is 10.1. The van der Waals surface area contributed by atoms with Crippen LogP contribution in [-0.4, -0.2) is 19.7 Å². The van der Waals surface area contributed by atoms with Gasteiger partial charge in [0.15, 0.2) is 0 Å². The Kier molecular flexibility index (Phi) is 4.75. The highest BCUT2D eigenvalue weighted by atomic mass is 32.1. The molecular weight excluding hydrogens is 408 g/mol. The molecular formula is C24H20N4O2S. The first-order valence-corrected chi connectivity index (χ1v) is 10.8. The summed E-state index contributed by atoms with van der Waals surface area (Å²) in [7, 11) is 0. The first kappa shape index (κ1) is 19.4. The van der Waals surface area contributed by atoms with Crippen LogP contribution in [0.15, 0.2) is 64.2 Å². The SMILES string of the molecule is Cc1cccc(-c2noc(-c3sc4ncn(Cc5ccccc5C)c(=O)c4c3C)n2)c1. The number of nitrogens with zero attached hydrogens (tertiary/aromatic N) is 4.